The Morgan fingerprint density at radius 2 is 1.71 bits per heavy atom. The quantitative estimate of drug-likeness (QED) is 0.510. The number of rotatable bonds is 6. The molecule has 0 fully saturated rings. The second-order valence-corrected chi connectivity index (χ2v) is 6.81. The lowest BCUT2D eigenvalue weighted by Gasteiger charge is -2.12. The van der Waals surface area contributed by atoms with E-state index in [1.165, 1.54) is 24.3 Å². The zero-order valence-electron chi connectivity index (χ0n) is 15.6. The highest BCUT2D eigenvalue weighted by molar-refractivity contribution is 7.80. The first-order valence-corrected chi connectivity index (χ1v) is 9.16. The highest BCUT2D eigenvalue weighted by atomic mass is 32.1. The summed E-state index contributed by atoms with van der Waals surface area (Å²) in [7, 11) is 0. The molecule has 2 aromatic carbocycles. The summed E-state index contributed by atoms with van der Waals surface area (Å²) >= 11 is 4.93. The fraction of sp³-hybridized carbons (Fsp3) is 0.250. The van der Waals surface area contributed by atoms with Crippen molar-refractivity contribution in [1.82, 2.24) is 16.2 Å². The first-order valence-electron chi connectivity index (χ1n) is 8.76. The molecular weight excluding hydrogens is 381 g/mol. The maximum Gasteiger partial charge on any atom is 0.269 e. The van der Waals surface area contributed by atoms with Crippen molar-refractivity contribution in [1.29, 1.82) is 0 Å². The number of hydrazine groups is 1. The molecule has 0 aromatic heterocycles. The van der Waals surface area contributed by atoms with Gasteiger partial charge in [-0.3, -0.25) is 25.8 Å². The molecule has 3 N–H and O–H groups in total. The molecular formula is C20H22FN3O3S. The summed E-state index contributed by atoms with van der Waals surface area (Å²) in [5.41, 5.74) is 5.01. The Bertz CT molecular complexity index is 841. The lowest BCUT2D eigenvalue weighted by Crippen LogP contribution is -2.48. The molecule has 0 aliphatic carbocycles. The molecule has 0 bridgehead atoms. The molecule has 0 saturated carbocycles. The predicted octanol–water partition coefficient (Wildman–Crippen LogP) is 3.20. The predicted molar refractivity (Wildman–Crippen MR) is 108 cm³/mol. The third kappa shape index (κ3) is 6.62. The number of carbonyl (C=O) groups excluding carboxylic acids is 2. The minimum absolute atomic E-state index is 0.147. The van der Waals surface area contributed by atoms with Crippen LogP contribution in [0.3, 0.4) is 0 Å². The topological polar surface area (TPSA) is 79.5 Å². The summed E-state index contributed by atoms with van der Waals surface area (Å²) < 4.78 is 19.2. The molecule has 0 atom stereocenters. The first-order chi connectivity index (χ1) is 13.4. The van der Waals surface area contributed by atoms with Crippen molar-refractivity contribution in [2.24, 2.45) is 5.92 Å². The second-order valence-electron chi connectivity index (χ2n) is 6.40. The van der Waals surface area contributed by atoms with Crippen molar-refractivity contribution in [3.8, 4) is 5.75 Å². The SMILES string of the molecule is CC(C)CCOc1ccc(C(=O)NNC(=S)NC(=O)c2ccccc2F)cc1. The van der Waals surface area contributed by atoms with Crippen LogP contribution in [0.5, 0.6) is 5.75 Å². The fourth-order valence-corrected chi connectivity index (χ4v) is 2.29. The van der Waals surface area contributed by atoms with E-state index in [2.05, 4.69) is 30.0 Å². The Kier molecular flexibility index (Phi) is 7.88. The Hall–Kier alpha value is -3.00. The normalized spacial score (nSPS) is 10.3. The molecule has 0 aliphatic rings. The van der Waals surface area contributed by atoms with E-state index in [4.69, 9.17) is 17.0 Å². The Morgan fingerprint density at radius 1 is 1.04 bits per heavy atom. The van der Waals surface area contributed by atoms with E-state index in [0.29, 0.717) is 23.8 Å². The average molecular weight is 403 g/mol. The van der Waals surface area contributed by atoms with Crippen LogP contribution in [0.15, 0.2) is 48.5 Å². The number of halogens is 1. The van der Waals surface area contributed by atoms with Crippen molar-refractivity contribution in [2.45, 2.75) is 20.3 Å². The van der Waals surface area contributed by atoms with Crippen molar-refractivity contribution >= 4 is 29.1 Å². The summed E-state index contributed by atoms with van der Waals surface area (Å²) in [6.45, 7) is 4.85. The summed E-state index contributed by atoms with van der Waals surface area (Å²) in [5, 5.41) is 2.13. The molecule has 0 heterocycles. The van der Waals surface area contributed by atoms with E-state index in [-0.39, 0.29) is 10.7 Å². The third-order valence-corrected chi connectivity index (χ3v) is 3.92. The number of amides is 2. The summed E-state index contributed by atoms with van der Waals surface area (Å²) in [6, 6.07) is 12.1. The lowest BCUT2D eigenvalue weighted by atomic mass is 10.1. The van der Waals surface area contributed by atoms with Crippen LogP contribution < -0.4 is 20.9 Å². The molecule has 0 aliphatic heterocycles. The average Bonchev–Trinajstić information content (AvgIpc) is 2.66. The van der Waals surface area contributed by atoms with Gasteiger partial charge in [-0.15, -0.1) is 0 Å². The summed E-state index contributed by atoms with van der Waals surface area (Å²) in [6.07, 6.45) is 0.947. The molecule has 28 heavy (non-hydrogen) atoms. The highest BCUT2D eigenvalue weighted by Crippen LogP contribution is 2.13. The van der Waals surface area contributed by atoms with E-state index in [1.54, 1.807) is 24.3 Å². The molecule has 8 heteroatoms. The van der Waals surface area contributed by atoms with E-state index in [0.717, 1.165) is 6.42 Å². The molecule has 148 valence electrons. The van der Waals surface area contributed by atoms with Crippen LogP contribution in [0.2, 0.25) is 0 Å². The van der Waals surface area contributed by atoms with E-state index >= 15 is 0 Å². The van der Waals surface area contributed by atoms with Crippen molar-refractivity contribution in [3.05, 3.63) is 65.5 Å². The van der Waals surface area contributed by atoms with Crippen LogP contribution in [0.25, 0.3) is 0 Å². The largest absolute Gasteiger partial charge is 0.494 e. The number of nitrogens with one attached hydrogen (secondary N) is 3. The highest BCUT2D eigenvalue weighted by Gasteiger charge is 2.13. The Balaban J connectivity index is 1.80. The first kappa shape index (κ1) is 21.3. The zero-order valence-corrected chi connectivity index (χ0v) is 16.4. The van der Waals surface area contributed by atoms with Crippen molar-refractivity contribution in [3.63, 3.8) is 0 Å². The molecule has 0 radical (unpaired) electrons. The van der Waals surface area contributed by atoms with Gasteiger partial charge in [0.1, 0.15) is 11.6 Å². The van der Waals surface area contributed by atoms with Gasteiger partial charge in [0.15, 0.2) is 5.11 Å². The van der Waals surface area contributed by atoms with Gasteiger partial charge in [0.05, 0.1) is 12.2 Å². The minimum atomic E-state index is -0.715. The number of hydrogen-bond donors (Lipinski definition) is 3. The van der Waals surface area contributed by atoms with Crippen molar-refractivity contribution in [2.75, 3.05) is 6.61 Å². The van der Waals surface area contributed by atoms with Gasteiger partial charge in [-0.25, -0.2) is 4.39 Å². The van der Waals surface area contributed by atoms with Crippen LogP contribution >= 0.6 is 12.2 Å². The molecule has 2 aromatic rings. The second kappa shape index (κ2) is 10.4. The minimum Gasteiger partial charge on any atom is -0.494 e. The Labute approximate surface area is 168 Å². The van der Waals surface area contributed by atoms with Crippen molar-refractivity contribution < 1.29 is 18.7 Å². The van der Waals surface area contributed by atoms with Gasteiger partial charge in [-0.1, -0.05) is 26.0 Å². The van der Waals surface area contributed by atoms with Gasteiger partial charge < -0.3 is 4.74 Å². The molecule has 0 unspecified atom stereocenters. The molecule has 2 amide bonds. The molecule has 0 saturated heterocycles. The van der Waals surface area contributed by atoms with Gasteiger partial charge in [-0.05, 0) is 61.0 Å². The smallest absolute Gasteiger partial charge is 0.269 e. The van der Waals surface area contributed by atoms with Crippen LogP contribution in [-0.2, 0) is 0 Å². The van der Waals surface area contributed by atoms with Gasteiger partial charge in [0, 0.05) is 5.56 Å². The van der Waals surface area contributed by atoms with Crippen LogP contribution in [0.1, 0.15) is 41.0 Å². The standard InChI is InChI=1S/C20H22FN3O3S/c1-13(2)11-12-27-15-9-7-14(8-10-15)18(25)23-24-20(28)22-19(26)16-5-3-4-6-17(16)21/h3-10,13H,11-12H2,1-2H3,(H,23,25)(H2,22,24,26,28). The van der Waals surface area contributed by atoms with Gasteiger partial charge in [-0.2, -0.15) is 0 Å². The van der Waals surface area contributed by atoms with E-state index in [9.17, 15) is 14.0 Å². The summed E-state index contributed by atoms with van der Waals surface area (Å²) in [5.74, 6) is -0.594. The number of ether oxygens (including phenoxy) is 1. The zero-order chi connectivity index (χ0) is 20.5. The lowest BCUT2D eigenvalue weighted by molar-refractivity contribution is 0.0933. The van der Waals surface area contributed by atoms with Crippen LogP contribution in [0, 0.1) is 11.7 Å². The molecule has 2 rings (SSSR count). The Morgan fingerprint density at radius 3 is 2.36 bits per heavy atom. The maximum atomic E-state index is 13.6. The number of benzene rings is 2. The molecule has 6 nitrogen and oxygen atoms in total. The number of carbonyl (C=O) groups is 2. The van der Waals surface area contributed by atoms with Gasteiger partial charge >= 0.3 is 0 Å². The number of thiocarbonyl (C=S) groups is 1. The monoisotopic (exact) mass is 403 g/mol. The maximum absolute atomic E-state index is 13.6. The van der Waals surface area contributed by atoms with E-state index in [1.807, 2.05) is 0 Å². The fourth-order valence-electron chi connectivity index (χ4n) is 2.15. The molecule has 0 spiro atoms. The number of hydrogen-bond acceptors (Lipinski definition) is 4. The van der Waals surface area contributed by atoms with Gasteiger partial charge in [0.2, 0.25) is 0 Å². The van der Waals surface area contributed by atoms with Crippen LogP contribution in [0.4, 0.5) is 4.39 Å². The third-order valence-electron chi connectivity index (χ3n) is 3.72. The summed E-state index contributed by atoms with van der Waals surface area (Å²) in [4.78, 5) is 24.1. The van der Waals surface area contributed by atoms with Crippen LogP contribution in [-0.4, -0.2) is 23.5 Å². The van der Waals surface area contributed by atoms with E-state index < -0.39 is 17.6 Å². The van der Waals surface area contributed by atoms with Gasteiger partial charge in [0.25, 0.3) is 11.8 Å².